The van der Waals surface area contributed by atoms with Crippen molar-refractivity contribution in [2.24, 2.45) is 0 Å². The molecule has 1 aromatic heterocycles. The molecule has 1 amide bonds. The van der Waals surface area contributed by atoms with Crippen LogP contribution in [-0.2, 0) is 6.18 Å². The molecule has 2 heterocycles. The fourth-order valence-electron chi connectivity index (χ4n) is 3.63. The lowest BCUT2D eigenvalue weighted by Gasteiger charge is -2.39. The van der Waals surface area contributed by atoms with Crippen LogP contribution >= 0.6 is 0 Å². The number of nitrogens with zero attached hydrogens (tertiary/aromatic N) is 3. The van der Waals surface area contributed by atoms with E-state index in [1.165, 1.54) is 29.3 Å². The van der Waals surface area contributed by atoms with Crippen molar-refractivity contribution in [3.8, 4) is 0 Å². The number of alkyl halides is 3. The number of aryl methyl sites for hydroxylation is 2. The lowest BCUT2D eigenvalue weighted by Crippen LogP contribution is -2.45. The third kappa shape index (κ3) is 3.38. The molecule has 8 heteroatoms. The molecule has 1 aliphatic heterocycles. The predicted molar refractivity (Wildman–Crippen MR) is 105 cm³/mol. The van der Waals surface area contributed by atoms with Gasteiger partial charge < -0.3 is 4.90 Å². The normalized spacial score (nSPS) is 14.1. The Morgan fingerprint density at radius 2 is 1.60 bits per heavy atom. The van der Waals surface area contributed by atoms with E-state index in [-0.39, 0.29) is 12.2 Å². The van der Waals surface area contributed by atoms with Crippen molar-refractivity contribution in [2.45, 2.75) is 20.0 Å². The molecule has 1 aliphatic rings. The van der Waals surface area contributed by atoms with Gasteiger partial charge in [0.2, 0.25) is 0 Å². The molecule has 0 bridgehead atoms. The van der Waals surface area contributed by atoms with Crippen molar-refractivity contribution >= 4 is 23.0 Å². The number of hydrogen-bond acceptors (Lipinski definition) is 3. The topological polar surface area (TPSA) is 36.4 Å². The monoisotopic (exact) mass is 415 g/mol. The number of benzene rings is 2. The minimum Gasteiger partial charge on any atom is -0.322 e. The molecule has 0 saturated heterocycles. The predicted octanol–water partition coefficient (Wildman–Crippen LogP) is 5.61. The first-order valence-corrected chi connectivity index (χ1v) is 9.14. The van der Waals surface area contributed by atoms with E-state index in [1.54, 1.807) is 37.1 Å². The molecule has 3 aromatic rings. The zero-order chi connectivity index (χ0) is 21.6. The zero-order valence-corrected chi connectivity index (χ0v) is 16.2. The summed E-state index contributed by atoms with van der Waals surface area (Å²) in [5.41, 5.74) is 1.81. The Morgan fingerprint density at radius 3 is 2.27 bits per heavy atom. The molecule has 0 atom stereocenters. The van der Waals surface area contributed by atoms with E-state index < -0.39 is 23.5 Å². The van der Waals surface area contributed by atoms with Gasteiger partial charge in [0, 0.05) is 18.1 Å². The number of fused-ring (bicyclic) bond motifs is 1. The second-order valence-electron chi connectivity index (χ2n) is 7.13. The van der Waals surface area contributed by atoms with Gasteiger partial charge in [-0.3, -0.25) is 14.7 Å². The standard InChI is InChI=1S/C22H17F4N3O/c1-13-9-16(23)4-6-18(13)28-12-29(19-7-8-27-11-14(19)2)21(30)17-10-15(22(24,25)26)3-5-20(17)28/h3-11H,12H2,1-2H3. The Labute approximate surface area is 170 Å². The highest BCUT2D eigenvalue weighted by atomic mass is 19.4. The SMILES string of the molecule is Cc1cnccc1N1CN(c2ccc(F)cc2C)c2ccc(C(F)(F)F)cc2C1=O. The molecule has 4 rings (SSSR count). The molecule has 0 aliphatic carbocycles. The first-order chi connectivity index (χ1) is 14.2. The lowest BCUT2D eigenvalue weighted by molar-refractivity contribution is -0.137. The van der Waals surface area contributed by atoms with Gasteiger partial charge in [-0.25, -0.2) is 4.39 Å². The Bertz CT molecular complexity index is 1140. The van der Waals surface area contributed by atoms with Crippen LogP contribution in [0.15, 0.2) is 54.9 Å². The van der Waals surface area contributed by atoms with Crippen LogP contribution < -0.4 is 9.80 Å². The maximum atomic E-state index is 13.6. The fourth-order valence-corrected chi connectivity index (χ4v) is 3.63. The summed E-state index contributed by atoms with van der Waals surface area (Å²) in [5, 5.41) is 0. The van der Waals surface area contributed by atoms with Crippen LogP contribution in [0.3, 0.4) is 0 Å². The number of amides is 1. The summed E-state index contributed by atoms with van der Waals surface area (Å²) in [4.78, 5) is 20.3. The largest absolute Gasteiger partial charge is 0.416 e. The fraction of sp³-hybridized carbons (Fsp3) is 0.182. The number of rotatable bonds is 2. The summed E-state index contributed by atoms with van der Waals surface area (Å²) < 4.78 is 53.6. The first kappa shape index (κ1) is 19.9. The molecule has 2 aromatic carbocycles. The van der Waals surface area contributed by atoms with E-state index in [0.717, 1.165) is 12.1 Å². The quantitative estimate of drug-likeness (QED) is 0.511. The zero-order valence-electron chi connectivity index (χ0n) is 16.2. The summed E-state index contributed by atoms with van der Waals surface area (Å²) in [6, 6.07) is 8.93. The van der Waals surface area contributed by atoms with Crippen LogP contribution in [0.5, 0.6) is 0 Å². The second kappa shape index (κ2) is 7.12. The average Bonchev–Trinajstić information content (AvgIpc) is 2.69. The Morgan fingerprint density at radius 1 is 0.900 bits per heavy atom. The van der Waals surface area contributed by atoms with E-state index in [0.29, 0.717) is 28.2 Å². The molecule has 0 fully saturated rings. The van der Waals surface area contributed by atoms with E-state index in [1.807, 2.05) is 0 Å². The molecular weight excluding hydrogens is 398 g/mol. The molecule has 0 spiro atoms. The van der Waals surface area contributed by atoms with Gasteiger partial charge in [0.15, 0.2) is 0 Å². The van der Waals surface area contributed by atoms with Crippen molar-refractivity contribution < 1.29 is 22.4 Å². The van der Waals surface area contributed by atoms with Crippen molar-refractivity contribution in [3.05, 3.63) is 82.9 Å². The molecule has 30 heavy (non-hydrogen) atoms. The number of hydrogen-bond donors (Lipinski definition) is 0. The average molecular weight is 415 g/mol. The van der Waals surface area contributed by atoms with Gasteiger partial charge in [0.05, 0.1) is 22.5 Å². The van der Waals surface area contributed by atoms with Crippen LogP contribution in [0.2, 0.25) is 0 Å². The third-order valence-corrected chi connectivity index (χ3v) is 5.10. The van der Waals surface area contributed by atoms with Crippen LogP contribution in [0, 0.1) is 19.7 Å². The first-order valence-electron chi connectivity index (χ1n) is 9.14. The minimum atomic E-state index is -4.58. The molecule has 0 unspecified atom stereocenters. The van der Waals surface area contributed by atoms with Crippen LogP contribution in [0.25, 0.3) is 0 Å². The van der Waals surface area contributed by atoms with Gasteiger partial charge in [0.25, 0.3) is 5.91 Å². The molecular formula is C22H17F4N3O. The molecule has 0 radical (unpaired) electrons. The summed E-state index contributed by atoms with van der Waals surface area (Å²) in [7, 11) is 0. The molecule has 0 saturated carbocycles. The summed E-state index contributed by atoms with van der Waals surface area (Å²) in [6.07, 6.45) is -1.48. The van der Waals surface area contributed by atoms with E-state index in [4.69, 9.17) is 0 Å². The number of pyridine rings is 1. The van der Waals surface area contributed by atoms with Gasteiger partial charge >= 0.3 is 6.18 Å². The van der Waals surface area contributed by atoms with Gasteiger partial charge in [0.1, 0.15) is 12.5 Å². The Kier molecular flexibility index (Phi) is 4.72. The highest BCUT2D eigenvalue weighted by Gasteiger charge is 2.37. The number of halogens is 4. The van der Waals surface area contributed by atoms with E-state index in [2.05, 4.69) is 4.98 Å². The van der Waals surface area contributed by atoms with Gasteiger partial charge in [-0.2, -0.15) is 13.2 Å². The number of aromatic nitrogens is 1. The summed E-state index contributed by atoms with van der Waals surface area (Å²) >= 11 is 0. The van der Waals surface area contributed by atoms with Gasteiger partial charge in [-0.05, 0) is 67.4 Å². The van der Waals surface area contributed by atoms with E-state index >= 15 is 0 Å². The number of carbonyl (C=O) groups is 1. The third-order valence-electron chi connectivity index (χ3n) is 5.10. The maximum Gasteiger partial charge on any atom is 0.416 e. The lowest BCUT2D eigenvalue weighted by atomic mass is 10.0. The number of carbonyl (C=O) groups excluding carboxylic acids is 1. The van der Waals surface area contributed by atoms with Gasteiger partial charge in [-0.15, -0.1) is 0 Å². The Balaban J connectivity index is 1.92. The second-order valence-corrected chi connectivity index (χ2v) is 7.13. The van der Waals surface area contributed by atoms with Crippen molar-refractivity contribution in [1.82, 2.24) is 4.98 Å². The summed E-state index contributed by atoms with van der Waals surface area (Å²) in [5.74, 6) is -0.958. The van der Waals surface area contributed by atoms with Crippen LogP contribution in [-0.4, -0.2) is 17.6 Å². The van der Waals surface area contributed by atoms with E-state index in [9.17, 15) is 22.4 Å². The van der Waals surface area contributed by atoms with Crippen LogP contribution in [0.4, 0.5) is 34.6 Å². The summed E-state index contributed by atoms with van der Waals surface area (Å²) in [6.45, 7) is 3.54. The van der Waals surface area contributed by atoms with Gasteiger partial charge in [-0.1, -0.05) is 0 Å². The maximum absolute atomic E-state index is 13.6. The highest BCUT2D eigenvalue weighted by Crippen LogP contribution is 2.40. The minimum absolute atomic E-state index is 0.0640. The highest BCUT2D eigenvalue weighted by molar-refractivity contribution is 6.13. The molecule has 154 valence electrons. The van der Waals surface area contributed by atoms with Crippen LogP contribution in [0.1, 0.15) is 27.0 Å². The van der Waals surface area contributed by atoms with Crippen molar-refractivity contribution in [3.63, 3.8) is 0 Å². The smallest absolute Gasteiger partial charge is 0.322 e. The van der Waals surface area contributed by atoms with Crippen molar-refractivity contribution in [2.75, 3.05) is 16.5 Å². The molecule has 0 N–H and O–H groups in total. The number of anilines is 3. The molecule has 4 nitrogen and oxygen atoms in total. The van der Waals surface area contributed by atoms with Crippen molar-refractivity contribution in [1.29, 1.82) is 0 Å². The Hall–Kier alpha value is -3.42.